The molecule has 0 spiro atoms. The van der Waals surface area contributed by atoms with Gasteiger partial charge in [0.25, 0.3) is 5.91 Å². The standard InChI is InChI=1S/C14H13FN4O/c1-8-13(9(2)19(3)18-8)14(20)17-12-6-4-5-11(15)10(12)7-16/h4-6H,1-3H3,(H,17,20). The van der Waals surface area contributed by atoms with Crippen molar-refractivity contribution in [2.24, 2.45) is 7.05 Å². The van der Waals surface area contributed by atoms with Crippen LogP contribution in [-0.2, 0) is 7.05 Å². The van der Waals surface area contributed by atoms with Crippen molar-refractivity contribution >= 4 is 11.6 Å². The van der Waals surface area contributed by atoms with Gasteiger partial charge in [-0.25, -0.2) is 4.39 Å². The zero-order chi connectivity index (χ0) is 14.9. The molecule has 0 saturated heterocycles. The number of nitrogens with zero attached hydrogens (tertiary/aromatic N) is 3. The molecule has 1 heterocycles. The number of anilines is 1. The van der Waals surface area contributed by atoms with Crippen LogP contribution in [0.1, 0.15) is 27.3 Å². The number of nitrogens with one attached hydrogen (secondary N) is 1. The smallest absolute Gasteiger partial charge is 0.259 e. The molecule has 2 aromatic rings. The molecule has 0 bridgehead atoms. The fourth-order valence-corrected chi connectivity index (χ4v) is 2.03. The summed E-state index contributed by atoms with van der Waals surface area (Å²) in [5, 5.41) is 15.6. The second kappa shape index (κ2) is 5.13. The number of aryl methyl sites for hydroxylation is 2. The van der Waals surface area contributed by atoms with Crippen LogP contribution in [0, 0.1) is 31.0 Å². The molecular formula is C14H13FN4O. The number of carbonyl (C=O) groups is 1. The molecule has 0 aliphatic rings. The summed E-state index contributed by atoms with van der Waals surface area (Å²) in [5.41, 5.74) is 1.69. The van der Waals surface area contributed by atoms with Crippen LogP contribution in [0.15, 0.2) is 18.2 Å². The fraction of sp³-hybridized carbons (Fsp3) is 0.214. The van der Waals surface area contributed by atoms with Crippen molar-refractivity contribution in [3.05, 3.63) is 46.5 Å². The molecule has 20 heavy (non-hydrogen) atoms. The van der Waals surface area contributed by atoms with Crippen molar-refractivity contribution in [1.82, 2.24) is 9.78 Å². The zero-order valence-electron chi connectivity index (χ0n) is 11.4. The molecule has 0 radical (unpaired) electrons. The molecule has 0 aliphatic heterocycles. The van der Waals surface area contributed by atoms with Crippen molar-refractivity contribution in [2.45, 2.75) is 13.8 Å². The van der Waals surface area contributed by atoms with E-state index < -0.39 is 11.7 Å². The number of halogens is 1. The molecule has 0 unspecified atom stereocenters. The minimum atomic E-state index is -0.662. The first-order valence-electron chi connectivity index (χ1n) is 5.96. The van der Waals surface area contributed by atoms with Gasteiger partial charge in [0.1, 0.15) is 17.4 Å². The number of amides is 1. The topological polar surface area (TPSA) is 70.7 Å². The van der Waals surface area contributed by atoms with Crippen molar-refractivity contribution in [2.75, 3.05) is 5.32 Å². The van der Waals surface area contributed by atoms with Crippen LogP contribution in [0.2, 0.25) is 0 Å². The summed E-state index contributed by atoms with van der Waals surface area (Å²) in [7, 11) is 1.74. The summed E-state index contributed by atoms with van der Waals surface area (Å²) in [6, 6.07) is 5.85. The molecule has 102 valence electrons. The van der Waals surface area contributed by atoms with Gasteiger partial charge < -0.3 is 5.32 Å². The van der Waals surface area contributed by atoms with Gasteiger partial charge in [0.05, 0.1) is 16.9 Å². The lowest BCUT2D eigenvalue weighted by atomic mass is 10.1. The Morgan fingerprint density at radius 1 is 1.45 bits per heavy atom. The number of benzene rings is 1. The fourth-order valence-electron chi connectivity index (χ4n) is 2.03. The Morgan fingerprint density at radius 2 is 2.15 bits per heavy atom. The van der Waals surface area contributed by atoms with Crippen LogP contribution in [-0.4, -0.2) is 15.7 Å². The Morgan fingerprint density at radius 3 is 2.70 bits per heavy atom. The van der Waals surface area contributed by atoms with Crippen LogP contribution in [0.4, 0.5) is 10.1 Å². The van der Waals surface area contributed by atoms with Gasteiger partial charge in [-0.05, 0) is 26.0 Å². The highest BCUT2D eigenvalue weighted by molar-refractivity contribution is 6.06. The first-order valence-corrected chi connectivity index (χ1v) is 5.96. The minimum absolute atomic E-state index is 0.153. The maximum Gasteiger partial charge on any atom is 0.259 e. The summed E-state index contributed by atoms with van der Waals surface area (Å²) < 4.78 is 15.1. The highest BCUT2D eigenvalue weighted by atomic mass is 19.1. The third-order valence-corrected chi connectivity index (χ3v) is 3.11. The van der Waals surface area contributed by atoms with E-state index in [1.165, 1.54) is 18.2 Å². The Kier molecular flexibility index (Phi) is 3.53. The average Bonchev–Trinajstić information content (AvgIpc) is 2.63. The molecular weight excluding hydrogens is 259 g/mol. The number of carbonyl (C=O) groups excluding carboxylic acids is 1. The van der Waals surface area contributed by atoms with Crippen molar-refractivity contribution in [3.8, 4) is 6.07 Å². The summed E-state index contributed by atoms with van der Waals surface area (Å²) in [6.07, 6.45) is 0. The normalized spacial score (nSPS) is 10.2. The van der Waals surface area contributed by atoms with E-state index >= 15 is 0 Å². The van der Waals surface area contributed by atoms with Crippen molar-refractivity contribution in [3.63, 3.8) is 0 Å². The maximum absolute atomic E-state index is 13.5. The Labute approximate surface area is 115 Å². The van der Waals surface area contributed by atoms with Crippen LogP contribution in [0.25, 0.3) is 0 Å². The predicted octanol–water partition coefficient (Wildman–Crippen LogP) is 2.30. The molecule has 0 aliphatic carbocycles. The van der Waals surface area contributed by atoms with Gasteiger partial charge in [-0.1, -0.05) is 6.07 Å². The van der Waals surface area contributed by atoms with E-state index in [1.54, 1.807) is 31.6 Å². The maximum atomic E-state index is 13.5. The number of nitriles is 1. The summed E-state index contributed by atoms with van der Waals surface area (Å²) in [5.74, 6) is -1.07. The van der Waals surface area contributed by atoms with Crippen LogP contribution < -0.4 is 5.32 Å². The summed E-state index contributed by atoms with van der Waals surface area (Å²) in [4.78, 5) is 12.3. The molecule has 5 nitrogen and oxygen atoms in total. The van der Waals surface area contributed by atoms with Gasteiger partial charge in [-0.2, -0.15) is 10.4 Å². The number of hydrogen-bond acceptors (Lipinski definition) is 3. The predicted molar refractivity (Wildman–Crippen MR) is 71.8 cm³/mol. The number of hydrogen-bond donors (Lipinski definition) is 1. The lowest BCUT2D eigenvalue weighted by molar-refractivity contribution is 0.102. The molecule has 1 N–H and O–H groups in total. The van der Waals surface area contributed by atoms with E-state index in [4.69, 9.17) is 5.26 Å². The molecule has 1 aromatic heterocycles. The number of aromatic nitrogens is 2. The van der Waals surface area contributed by atoms with E-state index in [1.807, 2.05) is 0 Å². The summed E-state index contributed by atoms with van der Waals surface area (Å²) >= 11 is 0. The SMILES string of the molecule is Cc1nn(C)c(C)c1C(=O)Nc1cccc(F)c1C#N. The first kappa shape index (κ1) is 13.7. The molecule has 1 amide bonds. The van der Waals surface area contributed by atoms with Crippen LogP contribution >= 0.6 is 0 Å². The van der Waals surface area contributed by atoms with Gasteiger partial charge in [0.15, 0.2) is 0 Å². The molecule has 0 saturated carbocycles. The Balaban J connectivity index is 2.39. The molecule has 1 aromatic carbocycles. The highest BCUT2D eigenvalue weighted by Crippen LogP contribution is 2.20. The van der Waals surface area contributed by atoms with Gasteiger partial charge in [0, 0.05) is 12.7 Å². The van der Waals surface area contributed by atoms with Crippen LogP contribution in [0.3, 0.4) is 0 Å². The molecule has 0 atom stereocenters. The van der Waals surface area contributed by atoms with Gasteiger partial charge in [0.2, 0.25) is 0 Å². The third kappa shape index (κ3) is 2.26. The van der Waals surface area contributed by atoms with E-state index in [-0.39, 0.29) is 11.3 Å². The molecule has 2 rings (SSSR count). The quantitative estimate of drug-likeness (QED) is 0.911. The van der Waals surface area contributed by atoms with E-state index in [2.05, 4.69) is 10.4 Å². The van der Waals surface area contributed by atoms with Gasteiger partial charge in [-0.3, -0.25) is 9.48 Å². The second-order valence-corrected chi connectivity index (χ2v) is 4.40. The monoisotopic (exact) mass is 272 g/mol. The lowest BCUT2D eigenvalue weighted by Crippen LogP contribution is -2.15. The Bertz CT molecular complexity index is 728. The third-order valence-electron chi connectivity index (χ3n) is 3.11. The highest BCUT2D eigenvalue weighted by Gasteiger charge is 2.19. The molecule has 0 fully saturated rings. The average molecular weight is 272 g/mol. The lowest BCUT2D eigenvalue weighted by Gasteiger charge is -2.07. The summed E-state index contributed by atoms with van der Waals surface area (Å²) in [6.45, 7) is 3.49. The second-order valence-electron chi connectivity index (χ2n) is 4.40. The number of rotatable bonds is 2. The largest absolute Gasteiger partial charge is 0.321 e. The van der Waals surface area contributed by atoms with Crippen LogP contribution in [0.5, 0.6) is 0 Å². The molecule has 6 heteroatoms. The van der Waals surface area contributed by atoms with Gasteiger partial charge in [-0.15, -0.1) is 0 Å². The van der Waals surface area contributed by atoms with Gasteiger partial charge >= 0.3 is 0 Å². The van der Waals surface area contributed by atoms with E-state index in [0.717, 1.165) is 0 Å². The van der Waals surface area contributed by atoms with Crippen molar-refractivity contribution < 1.29 is 9.18 Å². The van der Waals surface area contributed by atoms with E-state index in [0.29, 0.717) is 17.0 Å². The van der Waals surface area contributed by atoms with E-state index in [9.17, 15) is 9.18 Å². The van der Waals surface area contributed by atoms with Crippen molar-refractivity contribution in [1.29, 1.82) is 5.26 Å². The Hall–Kier alpha value is -2.68. The minimum Gasteiger partial charge on any atom is -0.321 e. The zero-order valence-corrected chi connectivity index (χ0v) is 11.4. The first-order chi connectivity index (χ1) is 9.45.